The van der Waals surface area contributed by atoms with Crippen LogP contribution in [0.1, 0.15) is 48.4 Å². The van der Waals surface area contributed by atoms with Gasteiger partial charge in [0, 0.05) is 36.1 Å². The van der Waals surface area contributed by atoms with E-state index in [1.807, 2.05) is 11.0 Å². The number of hydrogen-bond acceptors (Lipinski definition) is 5. The van der Waals surface area contributed by atoms with Crippen molar-refractivity contribution in [3.63, 3.8) is 0 Å². The molecule has 2 heterocycles. The Balaban J connectivity index is 1.53. The molecule has 2 atom stereocenters. The zero-order valence-electron chi connectivity index (χ0n) is 15.1. The van der Waals surface area contributed by atoms with Gasteiger partial charge in [-0.3, -0.25) is 9.59 Å². The monoisotopic (exact) mass is 391 g/mol. The normalized spacial score (nSPS) is 23.4. The van der Waals surface area contributed by atoms with Crippen molar-refractivity contribution >= 4 is 23.4 Å². The van der Waals surface area contributed by atoms with Gasteiger partial charge in [-0.25, -0.2) is 0 Å². The predicted octanol–water partition coefficient (Wildman–Crippen LogP) is 1.94. The maximum atomic E-state index is 12.8. The van der Waals surface area contributed by atoms with Gasteiger partial charge in [-0.05, 0) is 37.7 Å². The van der Waals surface area contributed by atoms with Crippen molar-refractivity contribution in [2.24, 2.45) is 5.92 Å². The molecule has 2 aliphatic carbocycles. The van der Waals surface area contributed by atoms with Gasteiger partial charge in [0.05, 0.1) is 12.2 Å². The van der Waals surface area contributed by atoms with Gasteiger partial charge in [0.1, 0.15) is 5.76 Å². The molecule has 7 nitrogen and oxygen atoms in total. The molecule has 3 aliphatic rings. The molecule has 0 bridgehead atoms. The Bertz CT molecular complexity index is 840. The van der Waals surface area contributed by atoms with E-state index in [4.69, 9.17) is 21.2 Å². The molecule has 1 aromatic rings. The number of amides is 2. The molecule has 1 saturated carbocycles. The Hall–Kier alpha value is -2.12. The van der Waals surface area contributed by atoms with Gasteiger partial charge >= 0.3 is 0 Å². The van der Waals surface area contributed by atoms with E-state index in [1.54, 1.807) is 6.07 Å². The molecule has 144 valence electrons. The number of hydrogen-bond donors (Lipinski definition) is 2. The summed E-state index contributed by atoms with van der Waals surface area (Å²) in [6.07, 6.45) is 4.82. The summed E-state index contributed by atoms with van der Waals surface area (Å²) in [5, 5.41) is 15.7. The molecular weight excluding hydrogens is 370 g/mol. The Morgan fingerprint density at radius 1 is 1.52 bits per heavy atom. The van der Waals surface area contributed by atoms with Gasteiger partial charge in [-0.15, -0.1) is 0 Å². The molecule has 1 aromatic heterocycles. The molecule has 8 heteroatoms. The zero-order chi connectivity index (χ0) is 19.1. The second-order valence-corrected chi connectivity index (χ2v) is 7.84. The van der Waals surface area contributed by atoms with Crippen LogP contribution < -0.4 is 5.32 Å². The van der Waals surface area contributed by atoms with E-state index in [-0.39, 0.29) is 36.7 Å². The number of rotatable bonds is 6. The van der Waals surface area contributed by atoms with Crippen LogP contribution in [0.15, 0.2) is 32.8 Å². The Morgan fingerprint density at radius 2 is 2.30 bits per heavy atom. The van der Waals surface area contributed by atoms with Crippen LogP contribution in [0.2, 0.25) is 0 Å². The molecule has 4 rings (SSSR count). The first-order chi connectivity index (χ1) is 13.0. The van der Waals surface area contributed by atoms with Crippen molar-refractivity contribution < 1.29 is 19.2 Å². The number of likely N-dealkylation sites (tertiary alicyclic amines) is 1. The van der Waals surface area contributed by atoms with Crippen LogP contribution in [-0.2, 0) is 4.79 Å². The minimum Gasteiger partial charge on any atom is -0.395 e. The van der Waals surface area contributed by atoms with Crippen LogP contribution >= 0.6 is 11.6 Å². The fourth-order valence-corrected chi connectivity index (χ4v) is 4.18. The molecule has 2 fully saturated rings. The highest BCUT2D eigenvalue weighted by atomic mass is 35.5. The lowest BCUT2D eigenvalue weighted by molar-refractivity contribution is -0.126. The number of carbonyl (C=O) groups is 2. The number of halogens is 1. The van der Waals surface area contributed by atoms with Gasteiger partial charge in [0.15, 0.2) is 5.69 Å². The fraction of sp³-hybridized carbons (Fsp3) is 0.526. The van der Waals surface area contributed by atoms with E-state index in [2.05, 4.69) is 17.4 Å². The van der Waals surface area contributed by atoms with Crippen molar-refractivity contribution in [1.29, 1.82) is 0 Å². The van der Waals surface area contributed by atoms with Crippen molar-refractivity contribution in [3.8, 4) is 0 Å². The van der Waals surface area contributed by atoms with Gasteiger partial charge in [0.2, 0.25) is 0 Å². The average molecular weight is 392 g/mol. The second kappa shape index (κ2) is 7.13. The van der Waals surface area contributed by atoms with Crippen LogP contribution in [0.5, 0.6) is 0 Å². The first kappa shape index (κ1) is 18.3. The molecule has 0 spiro atoms. The van der Waals surface area contributed by atoms with Gasteiger partial charge in [0.25, 0.3) is 11.8 Å². The minimum absolute atomic E-state index is 0.0192. The number of nitrogens with one attached hydrogen (secondary N) is 1. The summed E-state index contributed by atoms with van der Waals surface area (Å²) in [7, 11) is 0. The van der Waals surface area contributed by atoms with Crippen molar-refractivity contribution in [3.05, 3.63) is 39.8 Å². The van der Waals surface area contributed by atoms with Crippen LogP contribution in [0, 0.1) is 5.92 Å². The molecule has 2 amide bonds. The van der Waals surface area contributed by atoms with E-state index < -0.39 is 5.91 Å². The first-order valence-corrected chi connectivity index (χ1v) is 9.63. The lowest BCUT2D eigenvalue weighted by Gasteiger charge is -2.23. The predicted molar refractivity (Wildman–Crippen MR) is 98.1 cm³/mol. The molecular formula is C19H22ClN3O4. The van der Waals surface area contributed by atoms with Gasteiger partial charge in [-0.2, -0.15) is 0 Å². The number of aliphatic hydroxyl groups is 1. The summed E-state index contributed by atoms with van der Waals surface area (Å²) in [4.78, 5) is 26.6. The summed E-state index contributed by atoms with van der Waals surface area (Å²) in [5.74, 6) is 0.595. The Morgan fingerprint density at radius 3 is 3.00 bits per heavy atom. The van der Waals surface area contributed by atoms with E-state index in [1.165, 1.54) is 12.8 Å². The third-order valence-corrected chi connectivity index (χ3v) is 5.87. The zero-order valence-corrected chi connectivity index (χ0v) is 15.8. The number of carbonyl (C=O) groups excluding carboxylic acids is 2. The number of aromatic nitrogens is 1. The lowest BCUT2D eigenvalue weighted by atomic mass is 9.90. The highest BCUT2D eigenvalue weighted by molar-refractivity contribution is 6.33. The third kappa shape index (κ3) is 3.41. The maximum absolute atomic E-state index is 12.8. The molecule has 2 N–H and O–H groups in total. The molecule has 1 unspecified atom stereocenters. The van der Waals surface area contributed by atoms with E-state index >= 15 is 0 Å². The average Bonchev–Trinajstić information content (AvgIpc) is 3.28. The first-order valence-electron chi connectivity index (χ1n) is 9.26. The van der Waals surface area contributed by atoms with Gasteiger partial charge < -0.3 is 19.8 Å². The highest BCUT2D eigenvalue weighted by Crippen LogP contribution is 2.44. The van der Waals surface area contributed by atoms with Crippen LogP contribution in [0.3, 0.4) is 0 Å². The molecule has 0 radical (unpaired) electrons. The lowest BCUT2D eigenvalue weighted by Crippen LogP contribution is -2.35. The third-order valence-electron chi connectivity index (χ3n) is 5.53. The SMILES string of the molecule is C[C@@H](C1CC1)N1CC2=CC(c3cc(C(=O)NCCO)no3)CC(Cl)=C2C1=O. The van der Waals surface area contributed by atoms with Crippen LogP contribution in [0.25, 0.3) is 0 Å². The summed E-state index contributed by atoms with van der Waals surface area (Å²) in [6, 6.07) is 1.82. The summed E-state index contributed by atoms with van der Waals surface area (Å²) in [5.41, 5.74) is 1.71. The maximum Gasteiger partial charge on any atom is 0.273 e. The minimum atomic E-state index is -0.398. The molecule has 27 heavy (non-hydrogen) atoms. The molecule has 1 aliphatic heterocycles. The smallest absolute Gasteiger partial charge is 0.273 e. The fourth-order valence-electron chi connectivity index (χ4n) is 3.81. The number of nitrogens with zero attached hydrogens (tertiary/aromatic N) is 2. The number of fused-ring (bicyclic) bond motifs is 1. The van der Waals surface area contributed by atoms with Crippen LogP contribution in [-0.4, -0.2) is 52.7 Å². The van der Waals surface area contributed by atoms with Crippen molar-refractivity contribution in [1.82, 2.24) is 15.4 Å². The number of aliphatic hydroxyl groups excluding tert-OH is 1. The molecule has 0 aromatic carbocycles. The van der Waals surface area contributed by atoms with E-state index in [9.17, 15) is 9.59 Å². The quantitative estimate of drug-likeness (QED) is 0.772. The van der Waals surface area contributed by atoms with Gasteiger partial charge in [-0.1, -0.05) is 22.8 Å². The Kier molecular flexibility index (Phi) is 4.82. The topological polar surface area (TPSA) is 95.7 Å². The summed E-state index contributed by atoms with van der Waals surface area (Å²) in [6.45, 7) is 2.69. The van der Waals surface area contributed by atoms with Crippen LogP contribution in [0.4, 0.5) is 0 Å². The van der Waals surface area contributed by atoms with E-state index in [0.717, 1.165) is 5.57 Å². The second-order valence-electron chi connectivity index (χ2n) is 7.39. The highest BCUT2D eigenvalue weighted by Gasteiger charge is 2.42. The summed E-state index contributed by atoms with van der Waals surface area (Å²) < 4.78 is 5.35. The van der Waals surface area contributed by atoms with E-state index in [0.29, 0.717) is 35.2 Å². The number of allylic oxidation sites excluding steroid dienone is 2. The Labute approximate surface area is 162 Å². The molecule has 1 saturated heterocycles. The standard InChI is InChI=1S/C19H22ClN3O4/c1-10(11-2-3-11)23-9-13-6-12(7-14(20)17(13)19(23)26)16-8-15(22-27-16)18(25)21-4-5-24/h6,8,10-12,24H,2-5,7,9H2,1H3,(H,21,25)/t10-,12?/m0/s1. The largest absolute Gasteiger partial charge is 0.395 e. The van der Waals surface area contributed by atoms with Crippen molar-refractivity contribution in [2.45, 2.75) is 38.1 Å². The summed E-state index contributed by atoms with van der Waals surface area (Å²) >= 11 is 6.48. The van der Waals surface area contributed by atoms with Crippen molar-refractivity contribution in [2.75, 3.05) is 19.7 Å².